The van der Waals surface area contributed by atoms with E-state index in [2.05, 4.69) is 15.1 Å². The molecule has 1 saturated carbocycles. The Labute approximate surface area is 164 Å². The van der Waals surface area contributed by atoms with Crippen molar-refractivity contribution in [2.24, 2.45) is 5.92 Å². The van der Waals surface area contributed by atoms with Crippen LogP contribution in [-0.2, 0) is 4.79 Å². The van der Waals surface area contributed by atoms with Gasteiger partial charge >= 0.3 is 0 Å². The highest BCUT2D eigenvalue weighted by Crippen LogP contribution is 2.27. The molecule has 1 aromatic carbocycles. The van der Waals surface area contributed by atoms with Gasteiger partial charge < -0.3 is 9.80 Å². The van der Waals surface area contributed by atoms with Gasteiger partial charge in [0.05, 0.1) is 0 Å². The Hall–Kier alpha value is -2.96. The largest absolute Gasteiger partial charge is 0.352 e. The van der Waals surface area contributed by atoms with Crippen LogP contribution in [0.15, 0.2) is 42.5 Å². The Morgan fingerprint density at radius 3 is 2.39 bits per heavy atom. The number of carbonyl (C=O) groups is 1. The van der Waals surface area contributed by atoms with Crippen molar-refractivity contribution in [2.75, 3.05) is 31.1 Å². The van der Waals surface area contributed by atoms with Gasteiger partial charge in [0.2, 0.25) is 5.91 Å². The molecule has 3 aromatic rings. The number of hydrogen-bond donors (Lipinski definition) is 0. The van der Waals surface area contributed by atoms with E-state index < -0.39 is 0 Å². The van der Waals surface area contributed by atoms with Crippen LogP contribution in [0.4, 0.5) is 5.82 Å². The molecule has 0 radical (unpaired) electrons. The summed E-state index contributed by atoms with van der Waals surface area (Å²) in [6, 6.07) is 13.9. The third-order valence-corrected chi connectivity index (χ3v) is 5.90. The van der Waals surface area contributed by atoms with Gasteiger partial charge in [0.25, 0.3) is 0 Å². The number of anilines is 1. The fourth-order valence-corrected chi connectivity index (χ4v) is 4.30. The molecule has 0 atom stereocenters. The first-order chi connectivity index (χ1) is 13.8. The molecular formula is C21H24N6O. The zero-order valence-electron chi connectivity index (χ0n) is 15.9. The molecule has 3 heterocycles. The lowest BCUT2D eigenvalue weighted by Crippen LogP contribution is -2.50. The predicted molar refractivity (Wildman–Crippen MR) is 107 cm³/mol. The minimum atomic E-state index is 0.256. The average molecular weight is 376 g/mol. The van der Waals surface area contributed by atoms with Gasteiger partial charge in [0.1, 0.15) is 5.82 Å². The van der Waals surface area contributed by atoms with E-state index in [4.69, 9.17) is 5.10 Å². The Morgan fingerprint density at radius 1 is 0.893 bits per heavy atom. The maximum Gasteiger partial charge on any atom is 0.225 e. The number of nitrogens with zero attached hydrogens (tertiary/aromatic N) is 6. The molecule has 144 valence electrons. The minimum absolute atomic E-state index is 0.256. The summed E-state index contributed by atoms with van der Waals surface area (Å²) >= 11 is 0. The smallest absolute Gasteiger partial charge is 0.225 e. The number of rotatable bonds is 3. The second-order valence-electron chi connectivity index (χ2n) is 7.64. The molecule has 7 heteroatoms. The monoisotopic (exact) mass is 376 g/mol. The first-order valence-electron chi connectivity index (χ1n) is 10.1. The molecule has 0 N–H and O–H groups in total. The molecule has 2 fully saturated rings. The van der Waals surface area contributed by atoms with Gasteiger partial charge in [0, 0.05) is 37.7 Å². The first-order valence-corrected chi connectivity index (χ1v) is 10.1. The summed E-state index contributed by atoms with van der Waals surface area (Å²) in [5.41, 5.74) is 1.73. The Bertz CT molecular complexity index is 971. The van der Waals surface area contributed by atoms with Crippen molar-refractivity contribution >= 4 is 17.4 Å². The zero-order valence-corrected chi connectivity index (χ0v) is 15.9. The number of hydrogen-bond acceptors (Lipinski definition) is 5. The van der Waals surface area contributed by atoms with Gasteiger partial charge in [0.15, 0.2) is 11.5 Å². The maximum absolute atomic E-state index is 12.7. The van der Waals surface area contributed by atoms with Crippen LogP contribution >= 0.6 is 0 Å². The van der Waals surface area contributed by atoms with Gasteiger partial charge in [-0.05, 0) is 25.0 Å². The summed E-state index contributed by atoms with van der Waals surface area (Å²) in [6.07, 6.45) is 4.52. The lowest BCUT2D eigenvalue weighted by atomic mass is 10.1. The van der Waals surface area contributed by atoms with E-state index >= 15 is 0 Å². The number of benzene rings is 1. The summed E-state index contributed by atoms with van der Waals surface area (Å²) < 4.78 is 1.81. The molecule has 7 nitrogen and oxygen atoms in total. The number of carbonyl (C=O) groups excluding carboxylic acids is 1. The lowest BCUT2D eigenvalue weighted by Gasteiger charge is -2.36. The van der Waals surface area contributed by atoms with Crippen molar-refractivity contribution in [3.63, 3.8) is 0 Å². The minimum Gasteiger partial charge on any atom is -0.352 e. The normalized spacial score (nSPS) is 18.1. The fourth-order valence-electron chi connectivity index (χ4n) is 4.30. The summed E-state index contributed by atoms with van der Waals surface area (Å²) in [7, 11) is 0. The Morgan fingerprint density at radius 2 is 1.64 bits per heavy atom. The molecular weight excluding hydrogens is 352 g/mol. The second kappa shape index (κ2) is 7.22. The predicted octanol–water partition coefficient (Wildman–Crippen LogP) is 2.63. The number of aromatic nitrogens is 4. The van der Waals surface area contributed by atoms with Crippen LogP contribution < -0.4 is 4.90 Å². The van der Waals surface area contributed by atoms with Crippen LogP contribution in [-0.4, -0.2) is 56.8 Å². The third kappa shape index (κ3) is 3.10. The van der Waals surface area contributed by atoms with Crippen molar-refractivity contribution in [2.45, 2.75) is 25.7 Å². The lowest BCUT2D eigenvalue weighted by molar-refractivity contribution is -0.135. The van der Waals surface area contributed by atoms with Gasteiger partial charge in [-0.15, -0.1) is 15.3 Å². The van der Waals surface area contributed by atoms with E-state index in [1.807, 2.05) is 47.4 Å². The van der Waals surface area contributed by atoms with Crippen LogP contribution in [0.5, 0.6) is 0 Å². The van der Waals surface area contributed by atoms with Crippen LogP contribution in [0.2, 0.25) is 0 Å². The SMILES string of the molecule is O=C(C1CCCC1)N1CCN(c2ccc3nnc(-c4ccccc4)n3n2)CC1. The molecule has 0 spiro atoms. The summed E-state index contributed by atoms with van der Waals surface area (Å²) in [4.78, 5) is 16.9. The molecule has 1 amide bonds. The van der Waals surface area contributed by atoms with E-state index in [9.17, 15) is 4.79 Å². The van der Waals surface area contributed by atoms with Gasteiger partial charge in [-0.3, -0.25) is 4.79 Å². The number of piperazine rings is 1. The second-order valence-corrected chi connectivity index (χ2v) is 7.64. The van der Waals surface area contributed by atoms with Crippen LogP contribution in [0.25, 0.3) is 17.0 Å². The first kappa shape index (κ1) is 17.2. The standard InChI is InChI=1S/C21H24N6O/c28-21(17-8-4-5-9-17)26-14-12-25(13-15-26)19-11-10-18-22-23-20(27(18)24-19)16-6-2-1-3-7-16/h1-3,6-7,10-11,17H,4-5,8-9,12-15H2. The van der Waals surface area contributed by atoms with Crippen LogP contribution in [0.1, 0.15) is 25.7 Å². The summed E-state index contributed by atoms with van der Waals surface area (Å²) in [6.45, 7) is 3.14. The molecule has 0 bridgehead atoms. The molecule has 1 aliphatic carbocycles. The highest BCUT2D eigenvalue weighted by molar-refractivity contribution is 5.79. The van der Waals surface area contributed by atoms with Crippen LogP contribution in [0.3, 0.4) is 0 Å². The Balaban J connectivity index is 1.34. The van der Waals surface area contributed by atoms with E-state index in [1.54, 1.807) is 4.52 Å². The highest BCUT2D eigenvalue weighted by atomic mass is 16.2. The van der Waals surface area contributed by atoms with E-state index in [1.165, 1.54) is 12.8 Å². The van der Waals surface area contributed by atoms with Crippen molar-refractivity contribution < 1.29 is 4.79 Å². The van der Waals surface area contributed by atoms with E-state index in [-0.39, 0.29) is 5.92 Å². The van der Waals surface area contributed by atoms with E-state index in [0.29, 0.717) is 5.91 Å². The molecule has 1 aliphatic heterocycles. The fraction of sp³-hybridized carbons (Fsp3) is 0.429. The third-order valence-electron chi connectivity index (χ3n) is 5.90. The molecule has 28 heavy (non-hydrogen) atoms. The van der Waals surface area contributed by atoms with Crippen molar-refractivity contribution in [1.29, 1.82) is 0 Å². The van der Waals surface area contributed by atoms with E-state index in [0.717, 1.165) is 61.9 Å². The number of fused-ring (bicyclic) bond motifs is 1. The molecule has 1 saturated heterocycles. The summed E-state index contributed by atoms with van der Waals surface area (Å²) in [5.74, 6) is 2.25. The number of amides is 1. The topological polar surface area (TPSA) is 66.6 Å². The zero-order chi connectivity index (χ0) is 18.9. The van der Waals surface area contributed by atoms with Gasteiger partial charge in [-0.25, -0.2) is 0 Å². The molecule has 0 unspecified atom stereocenters. The molecule has 2 aliphatic rings. The molecule has 5 rings (SSSR count). The Kier molecular flexibility index (Phi) is 4.43. The molecule has 2 aromatic heterocycles. The van der Waals surface area contributed by atoms with Gasteiger partial charge in [-0.2, -0.15) is 4.52 Å². The maximum atomic E-state index is 12.7. The summed E-state index contributed by atoms with van der Waals surface area (Å²) in [5, 5.41) is 13.3. The highest BCUT2D eigenvalue weighted by Gasteiger charge is 2.29. The van der Waals surface area contributed by atoms with Crippen molar-refractivity contribution in [3.05, 3.63) is 42.5 Å². The van der Waals surface area contributed by atoms with Gasteiger partial charge in [-0.1, -0.05) is 43.2 Å². The van der Waals surface area contributed by atoms with Crippen molar-refractivity contribution in [1.82, 2.24) is 24.7 Å². The average Bonchev–Trinajstić information content (AvgIpc) is 3.44. The van der Waals surface area contributed by atoms with Crippen molar-refractivity contribution in [3.8, 4) is 11.4 Å². The quantitative estimate of drug-likeness (QED) is 0.703. The van der Waals surface area contributed by atoms with Crippen LogP contribution in [0, 0.1) is 5.92 Å².